The monoisotopic (exact) mass is 214 g/mol. The lowest BCUT2D eigenvalue weighted by Crippen LogP contribution is -2.44. The van der Waals surface area contributed by atoms with Crippen molar-refractivity contribution in [2.24, 2.45) is 5.73 Å². The van der Waals surface area contributed by atoms with Gasteiger partial charge in [0.1, 0.15) is 0 Å². The van der Waals surface area contributed by atoms with Crippen molar-refractivity contribution in [3.05, 3.63) is 5.89 Å². The maximum Gasteiger partial charge on any atom is 0.318 e. The Morgan fingerprint density at radius 3 is 2.67 bits per heavy atom. The van der Waals surface area contributed by atoms with Gasteiger partial charge in [0.15, 0.2) is 0 Å². The molecule has 3 N–H and O–H groups in total. The molecule has 86 valence electrons. The number of aromatic nitrogens is 2. The molecule has 1 rings (SSSR count). The van der Waals surface area contributed by atoms with E-state index in [9.17, 15) is 5.11 Å². The Balaban J connectivity index is 2.78. The highest BCUT2D eigenvalue weighted by atomic mass is 16.4. The number of hydrogen-bond donors (Lipinski definition) is 2. The molecule has 6 heteroatoms. The normalized spacial score (nSPS) is 11.8. The first-order chi connectivity index (χ1) is 7.01. The molecule has 0 aliphatic carbocycles. The van der Waals surface area contributed by atoms with E-state index in [1.54, 1.807) is 11.9 Å². The van der Waals surface area contributed by atoms with Gasteiger partial charge in [0.05, 0.1) is 12.1 Å². The Morgan fingerprint density at radius 1 is 1.47 bits per heavy atom. The van der Waals surface area contributed by atoms with E-state index in [4.69, 9.17) is 10.2 Å². The third kappa shape index (κ3) is 2.66. The molecular weight excluding hydrogens is 196 g/mol. The summed E-state index contributed by atoms with van der Waals surface area (Å²) in [6, 6.07) is 0.400. The number of hydrogen-bond acceptors (Lipinski definition) is 6. The molecule has 0 bridgehead atoms. The molecule has 15 heavy (non-hydrogen) atoms. The molecule has 1 heterocycles. The van der Waals surface area contributed by atoms with Crippen molar-refractivity contribution in [2.45, 2.75) is 25.8 Å². The van der Waals surface area contributed by atoms with Crippen molar-refractivity contribution in [2.75, 3.05) is 25.1 Å². The fourth-order valence-electron chi connectivity index (χ4n) is 0.970. The van der Waals surface area contributed by atoms with Gasteiger partial charge in [-0.05, 0) is 13.8 Å². The molecule has 0 fully saturated rings. The van der Waals surface area contributed by atoms with E-state index in [0.717, 1.165) is 0 Å². The van der Waals surface area contributed by atoms with Crippen LogP contribution >= 0.6 is 0 Å². The van der Waals surface area contributed by atoms with Crippen LogP contribution in [0.25, 0.3) is 0 Å². The van der Waals surface area contributed by atoms with Gasteiger partial charge in [0.25, 0.3) is 0 Å². The Labute approximate surface area is 89.1 Å². The SMILES string of the molecule is CN(c1nnc(CCN)o1)C(C)(C)CO. The summed E-state index contributed by atoms with van der Waals surface area (Å²) in [7, 11) is 1.80. The predicted molar refractivity (Wildman–Crippen MR) is 56.6 cm³/mol. The van der Waals surface area contributed by atoms with Gasteiger partial charge in [0, 0.05) is 20.0 Å². The van der Waals surface area contributed by atoms with Crippen molar-refractivity contribution < 1.29 is 9.52 Å². The highest BCUT2D eigenvalue weighted by molar-refractivity contribution is 5.27. The smallest absolute Gasteiger partial charge is 0.318 e. The van der Waals surface area contributed by atoms with Crippen LogP contribution in [0.5, 0.6) is 0 Å². The molecule has 0 unspecified atom stereocenters. The lowest BCUT2D eigenvalue weighted by atomic mass is 10.1. The van der Waals surface area contributed by atoms with Crippen molar-refractivity contribution in [1.29, 1.82) is 0 Å². The zero-order valence-corrected chi connectivity index (χ0v) is 9.40. The van der Waals surface area contributed by atoms with Crippen molar-refractivity contribution in [3.8, 4) is 0 Å². The van der Waals surface area contributed by atoms with E-state index in [2.05, 4.69) is 10.2 Å². The minimum absolute atomic E-state index is 0.0120. The minimum atomic E-state index is -0.424. The van der Waals surface area contributed by atoms with E-state index >= 15 is 0 Å². The Morgan fingerprint density at radius 2 is 2.13 bits per heavy atom. The van der Waals surface area contributed by atoms with E-state index in [1.807, 2.05) is 13.8 Å². The molecule has 0 aliphatic rings. The summed E-state index contributed by atoms with van der Waals surface area (Å²) in [5, 5.41) is 16.9. The third-order valence-electron chi connectivity index (χ3n) is 2.40. The number of anilines is 1. The molecule has 0 atom stereocenters. The standard InChI is InChI=1S/C9H18N4O2/c1-9(2,6-14)13(3)8-12-11-7(15-8)4-5-10/h14H,4-6,10H2,1-3H3. The topological polar surface area (TPSA) is 88.4 Å². The average molecular weight is 214 g/mol. The summed E-state index contributed by atoms with van der Waals surface area (Å²) in [5.74, 6) is 0.521. The van der Waals surface area contributed by atoms with Gasteiger partial charge in [-0.3, -0.25) is 0 Å². The van der Waals surface area contributed by atoms with Crippen LogP contribution in [0.2, 0.25) is 0 Å². The van der Waals surface area contributed by atoms with Crippen LogP contribution in [0.1, 0.15) is 19.7 Å². The number of nitrogens with zero attached hydrogens (tertiary/aromatic N) is 3. The molecule has 0 saturated heterocycles. The second-order valence-corrected chi connectivity index (χ2v) is 4.05. The number of nitrogens with two attached hydrogens (primary N) is 1. The van der Waals surface area contributed by atoms with Gasteiger partial charge in [0.2, 0.25) is 5.89 Å². The first kappa shape index (κ1) is 11.9. The molecule has 1 aromatic rings. The van der Waals surface area contributed by atoms with Crippen molar-refractivity contribution in [1.82, 2.24) is 10.2 Å². The molecule has 1 aromatic heterocycles. The molecule has 0 amide bonds. The van der Waals surface area contributed by atoms with E-state index in [1.165, 1.54) is 0 Å². The maximum absolute atomic E-state index is 9.18. The third-order valence-corrected chi connectivity index (χ3v) is 2.40. The zero-order chi connectivity index (χ0) is 11.5. The molecule has 6 nitrogen and oxygen atoms in total. The van der Waals surface area contributed by atoms with Crippen LogP contribution < -0.4 is 10.6 Å². The van der Waals surface area contributed by atoms with Crippen molar-refractivity contribution >= 4 is 6.01 Å². The molecule has 0 aliphatic heterocycles. The summed E-state index contributed by atoms with van der Waals surface area (Å²) >= 11 is 0. The number of aliphatic hydroxyl groups is 1. The summed E-state index contributed by atoms with van der Waals surface area (Å²) in [4.78, 5) is 1.75. The predicted octanol–water partition coefficient (Wildman–Crippen LogP) is -0.222. The number of aliphatic hydroxyl groups excluding tert-OH is 1. The number of rotatable bonds is 5. The minimum Gasteiger partial charge on any atom is -0.408 e. The van der Waals surface area contributed by atoms with Gasteiger partial charge >= 0.3 is 6.01 Å². The van der Waals surface area contributed by atoms with Crippen LogP contribution in [0.15, 0.2) is 4.42 Å². The van der Waals surface area contributed by atoms with Gasteiger partial charge in [-0.15, -0.1) is 5.10 Å². The van der Waals surface area contributed by atoms with E-state index in [0.29, 0.717) is 24.9 Å². The van der Waals surface area contributed by atoms with Gasteiger partial charge in [-0.2, -0.15) is 0 Å². The highest BCUT2D eigenvalue weighted by Gasteiger charge is 2.26. The van der Waals surface area contributed by atoms with Crippen LogP contribution in [0, 0.1) is 0 Å². The Bertz CT molecular complexity index is 311. The lowest BCUT2D eigenvalue weighted by Gasteiger charge is -2.31. The first-order valence-electron chi connectivity index (χ1n) is 4.88. The lowest BCUT2D eigenvalue weighted by molar-refractivity contribution is 0.211. The van der Waals surface area contributed by atoms with Crippen LogP contribution in [-0.2, 0) is 6.42 Å². The molecule has 0 spiro atoms. The average Bonchev–Trinajstić information content (AvgIpc) is 2.66. The fraction of sp³-hybridized carbons (Fsp3) is 0.778. The maximum atomic E-state index is 9.18. The van der Waals surface area contributed by atoms with Crippen LogP contribution in [0.4, 0.5) is 6.01 Å². The zero-order valence-electron chi connectivity index (χ0n) is 9.40. The quantitative estimate of drug-likeness (QED) is 0.704. The van der Waals surface area contributed by atoms with Gasteiger partial charge in [-0.25, -0.2) is 0 Å². The highest BCUT2D eigenvalue weighted by Crippen LogP contribution is 2.20. The summed E-state index contributed by atoms with van der Waals surface area (Å²) in [6.45, 7) is 4.27. The van der Waals surface area contributed by atoms with Gasteiger partial charge in [-0.1, -0.05) is 5.10 Å². The van der Waals surface area contributed by atoms with Crippen molar-refractivity contribution in [3.63, 3.8) is 0 Å². The summed E-state index contributed by atoms with van der Waals surface area (Å²) in [5.41, 5.74) is 4.95. The van der Waals surface area contributed by atoms with E-state index in [-0.39, 0.29) is 6.61 Å². The van der Waals surface area contributed by atoms with Crippen LogP contribution in [0.3, 0.4) is 0 Å². The largest absolute Gasteiger partial charge is 0.408 e. The molecule has 0 aromatic carbocycles. The summed E-state index contributed by atoms with van der Waals surface area (Å²) in [6.07, 6.45) is 0.570. The first-order valence-corrected chi connectivity index (χ1v) is 4.88. The number of likely N-dealkylation sites (N-methyl/N-ethyl adjacent to an activating group) is 1. The van der Waals surface area contributed by atoms with Gasteiger partial charge < -0.3 is 20.2 Å². The summed E-state index contributed by atoms with van der Waals surface area (Å²) < 4.78 is 5.39. The Hall–Kier alpha value is -1.14. The molecule has 0 radical (unpaired) electrons. The Kier molecular flexibility index (Phi) is 3.65. The second kappa shape index (κ2) is 4.59. The fourth-order valence-corrected chi connectivity index (χ4v) is 0.970. The second-order valence-electron chi connectivity index (χ2n) is 4.05. The molecule has 0 saturated carbocycles. The van der Waals surface area contributed by atoms with E-state index < -0.39 is 5.54 Å². The molecular formula is C9H18N4O2. The van der Waals surface area contributed by atoms with Crippen LogP contribution in [-0.4, -0.2) is 41.0 Å².